The summed E-state index contributed by atoms with van der Waals surface area (Å²) in [5, 5.41) is 6.69. The molecule has 1 N–H and O–H groups in total. The van der Waals surface area contributed by atoms with Gasteiger partial charge in [0.25, 0.3) is 0 Å². The number of carbonyl (C=O) groups is 1. The number of carbonyl (C=O) groups excluding carboxylic acids is 1. The number of esters is 1. The first-order valence-electron chi connectivity index (χ1n) is 8.44. The fourth-order valence-corrected chi connectivity index (χ4v) is 2.85. The summed E-state index contributed by atoms with van der Waals surface area (Å²) in [6.07, 6.45) is 3.04. The van der Waals surface area contributed by atoms with Gasteiger partial charge in [-0.05, 0) is 29.9 Å². The Hall–Kier alpha value is -2.21. The largest absolute Gasteiger partial charge is 0.466 e. The predicted octanol–water partition coefficient (Wildman–Crippen LogP) is 4.38. The highest BCUT2D eigenvalue weighted by atomic mass is 32.1. The molecule has 0 saturated carbocycles. The van der Waals surface area contributed by atoms with Gasteiger partial charge in [-0.15, -0.1) is 11.3 Å². The van der Waals surface area contributed by atoms with Crippen LogP contribution in [0.25, 0.3) is 0 Å². The zero-order valence-corrected chi connectivity index (χ0v) is 16.0. The van der Waals surface area contributed by atoms with Crippen molar-refractivity contribution < 1.29 is 9.53 Å². The van der Waals surface area contributed by atoms with Gasteiger partial charge in [-0.25, -0.2) is 4.98 Å². The van der Waals surface area contributed by atoms with Crippen LogP contribution in [-0.4, -0.2) is 23.8 Å². The summed E-state index contributed by atoms with van der Waals surface area (Å²) in [7, 11) is 0. The average molecular weight is 359 g/mol. The number of hydrogen-bond donors (Lipinski definition) is 1. The van der Waals surface area contributed by atoms with Gasteiger partial charge in [-0.1, -0.05) is 45.0 Å². The molecule has 0 atom stereocenters. The molecule has 2 aromatic rings. The number of benzene rings is 1. The lowest BCUT2D eigenvalue weighted by atomic mass is 9.82. The van der Waals surface area contributed by atoms with Crippen LogP contribution >= 0.6 is 11.3 Å². The van der Waals surface area contributed by atoms with E-state index in [-0.39, 0.29) is 17.8 Å². The number of thiazole rings is 1. The van der Waals surface area contributed by atoms with E-state index in [1.54, 1.807) is 13.1 Å². The second-order valence-electron chi connectivity index (χ2n) is 6.36. The molecule has 0 spiro atoms. The van der Waals surface area contributed by atoms with Gasteiger partial charge in [0.2, 0.25) is 5.13 Å². The van der Waals surface area contributed by atoms with Gasteiger partial charge in [-0.3, -0.25) is 10.2 Å². The van der Waals surface area contributed by atoms with Crippen LogP contribution in [-0.2, 0) is 21.4 Å². The molecule has 1 heterocycles. The van der Waals surface area contributed by atoms with Crippen LogP contribution < -0.4 is 5.43 Å². The van der Waals surface area contributed by atoms with E-state index in [0.717, 1.165) is 12.0 Å². The molecule has 25 heavy (non-hydrogen) atoms. The van der Waals surface area contributed by atoms with Crippen molar-refractivity contribution in [3.63, 3.8) is 0 Å². The minimum Gasteiger partial charge on any atom is -0.466 e. The van der Waals surface area contributed by atoms with Crippen molar-refractivity contribution >= 4 is 28.7 Å². The maximum atomic E-state index is 11.4. The lowest BCUT2D eigenvalue weighted by Crippen LogP contribution is -2.15. The lowest BCUT2D eigenvalue weighted by molar-refractivity contribution is -0.142. The molecule has 0 aliphatic rings. The third-order valence-electron chi connectivity index (χ3n) is 4.13. The van der Waals surface area contributed by atoms with Crippen molar-refractivity contribution in [2.24, 2.45) is 5.10 Å². The summed E-state index contributed by atoms with van der Waals surface area (Å²) in [5.41, 5.74) is 6.11. The Kier molecular flexibility index (Phi) is 6.70. The van der Waals surface area contributed by atoms with E-state index in [9.17, 15) is 4.79 Å². The molecular weight excluding hydrogens is 334 g/mol. The second kappa shape index (κ2) is 8.76. The second-order valence-corrected chi connectivity index (χ2v) is 7.21. The van der Waals surface area contributed by atoms with E-state index in [0.29, 0.717) is 17.4 Å². The van der Waals surface area contributed by atoms with E-state index in [1.165, 1.54) is 16.9 Å². The van der Waals surface area contributed by atoms with E-state index < -0.39 is 0 Å². The summed E-state index contributed by atoms with van der Waals surface area (Å²) in [5.74, 6) is -0.266. The maximum absolute atomic E-state index is 11.4. The van der Waals surface area contributed by atoms with Crippen molar-refractivity contribution in [1.29, 1.82) is 0 Å². The Balaban J connectivity index is 1.91. The molecule has 6 heteroatoms. The van der Waals surface area contributed by atoms with Crippen LogP contribution in [0.5, 0.6) is 0 Å². The fourth-order valence-electron chi connectivity index (χ4n) is 2.19. The summed E-state index contributed by atoms with van der Waals surface area (Å²) < 4.78 is 4.91. The van der Waals surface area contributed by atoms with Gasteiger partial charge >= 0.3 is 5.97 Å². The van der Waals surface area contributed by atoms with Gasteiger partial charge < -0.3 is 4.74 Å². The highest BCUT2D eigenvalue weighted by molar-refractivity contribution is 7.13. The number of ether oxygens (including phenoxy) is 1. The molecule has 0 radical (unpaired) electrons. The number of nitrogens with one attached hydrogen (secondary N) is 1. The monoisotopic (exact) mass is 359 g/mol. The van der Waals surface area contributed by atoms with Crippen LogP contribution in [0.3, 0.4) is 0 Å². The van der Waals surface area contributed by atoms with Gasteiger partial charge in [0.15, 0.2) is 0 Å². The molecular formula is C19H25N3O2S. The minimum atomic E-state index is -0.266. The summed E-state index contributed by atoms with van der Waals surface area (Å²) in [6, 6.07) is 8.41. The van der Waals surface area contributed by atoms with E-state index >= 15 is 0 Å². The molecule has 0 fully saturated rings. The van der Waals surface area contributed by atoms with E-state index in [1.807, 2.05) is 5.38 Å². The number of anilines is 1. The molecule has 1 aromatic heterocycles. The molecule has 0 amide bonds. The Bertz CT molecular complexity index is 721. The SMILES string of the molecule is CCOC(=O)Cc1csc(NN=Cc2ccc(C(C)(C)CC)cc2)n1. The third kappa shape index (κ3) is 5.67. The summed E-state index contributed by atoms with van der Waals surface area (Å²) in [6.45, 7) is 8.86. The molecule has 0 bridgehead atoms. The summed E-state index contributed by atoms with van der Waals surface area (Å²) >= 11 is 1.41. The standard InChI is InChI=1S/C19H25N3O2S/c1-5-19(3,4)15-9-7-14(8-10-15)12-20-22-18-21-16(13-25-18)11-17(23)24-6-2/h7-10,12-13H,5-6,11H2,1-4H3,(H,21,22). The Morgan fingerprint density at radius 1 is 1.32 bits per heavy atom. The van der Waals surface area contributed by atoms with Gasteiger partial charge in [0, 0.05) is 5.38 Å². The molecule has 2 rings (SSSR count). The predicted molar refractivity (Wildman–Crippen MR) is 103 cm³/mol. The van der Waals surface area contributed by atoms with Crippen molar-refractivity contribution in [3.05, 3.63) is 46.5 Å². The average Bonchev–Trinajstić information content (AvgIpc) is 3.03. The molecule has 0 aliphatic carbocycles. The first-order valence-corrected chi connectivity index (χ1v) is 9.32. The quantitative estimate of drug-likeness (QED) is 0.431. The van der Waals surface area contributed by atoms with Gasteiger partial charge in [0.1, 0.15) is 0 Å². The molecule has 0 saturated heterocycles. The number of aromatic nitrogens is 1. The highest BCUT2D eigenvalue weighted by Crippen LogP contribution is 2.26. The summed E-state index contributed by atoms with van der Waals surface area (Å²) in [4.78, 5) is 15.7. The van der Waals surface area contributed by atoms with Crippen molar-refractivity contribution in [1.82, 2.24) is 4.98 Å². The fraction of sp³-hybridized carbons (Fsp3) is 0.421. The lowest BCUT2D eigenvalue weighted by Gasteiger charge is -2.23. The van der Waals surface area contributed by atoms with Gasteiger partial charge in [-0.2, -0.15) is 5.10 Å². The maximum Gasteiger partial charge on any atom is 0.311 e. The van der Waals surface area contributed by atoms with E-state index in [2.05, 4.69) is 60.5 Å². The zero-order valence-electron chi connectivity index (χ0n) is 15.2. The Labute approximate surface area is 153 Å². The first-order chi connectivity index (χ1) is 11.9. The van der Waals surface area contributed by atoms with E-state index in [4.69, 9.17) is 4.74 Å². The first kappa shape index (κ1) is 19.1. The molecule has 0 unspecified atom stereocenters. The van der Waals surface area contributed by atoms with Crippen LogP contribution in [0.2, 0.25) is 0 Å². The molecule has 5 nitrogen and oxygen atoms in total. The van der Waals surface area contributed by atoms with Gasteiger partial charge in [0.05, 0.1) is 24.9 Å². The van der Waals surface area contributed by atoms with Crippen molar-refractivity contribution in [2.75, 3.05) is 12.0 Å². The van der Waals surface area contributed by atoms with Crippen LogP contribution in [0.1, 0.15) is 50.9 Å². The third-order valence-corrected chi connectivity index (χ3v) is 4.93. The number of hydrogen-bond acceptors (Lipinski definition) is 6. The smallest absolute Gasteiger partial charge is 0.311 e. The Morgan fingerprint density at radius 3 is 2.68 bits per heavy atom. The number of rotatable bonds is 8. The number of nitrogens with zero attached hydrogens (tertiary/aromatic N) is 2. The molecule has 0 aliphatic heterocycles. The molecule has 134 valence electrons. The van der Waals surface area contributed by atoms with Crippen molar-refractivity contribution in [2.45, 2.75) is 46.0 Å². The normalized spacial score (nSPS) is 11.7. The zero-order chi connectivity index (χ0) is 18.3. The Morgan fingerprint density at radius 2 is 2.04 bits per heavy atom. The van der Waals surface area contributed by atoms with Crippen molar-refractivity contribution in [3.8, 4) is 0 Å². The molecule has 1 aromatic carbocycles. The minimum absolute atomic E-state index is 0.185. The van der Waals surface area contributed by atoms with Crippen LogP contribution in [0.15, 0.2) is 34.7 Å². The van der Waals surface area contributed by atoms with Crippen LogP contribution in [0, 0.1) is 0 Å². The highest BCUT2D eigenvalue weighted by Gasteiger charge is 2.17. The van der Waals surface area contributed by atoms with Crippen LogP contribution in [0.4, 0.5) is 5.13 Å². The topological polar surface area (TPSA) is 63.6 Å². The number of hydrazone groups is 1.